The summed E-state index contributed by atoms with van der Waals surface area (Å²) in [6.45, 7) is 3.07. The number of rotatable bonds is 5. The first kappa shape index (κ1) is 15.7. The Morgan fingerprint density at radius 2 is 2.19 bits per heavy atom. The fourth-order valence-electron chi connectivity index (χ4n) is 2.67. The summed E-state index contributed by atoms with van der Waals surface area (Å²) in [7, 11) is -3.62. The molecule has 1 fully saturated rings. The van der Waals surface area contributed by atoms with Gasteiger partial charge in [-0.25, -0.2) is 8.42 Å². The minimum atomic E-state index is -3.62. The number of nitrogen functional groups attached to an aromatic ring is 1. The van der Waals surface area contributed by atoms with Crippen molar-refractivity contribution in [2.24, 2.45) is 5.92 Å². The van der Waals surface area contributed by atoms with Crippen molar-refractivity contribution >= 4 is 21.4 Å². The minimum Gasteiger partial charge on any atom is -0.393 e. The summed E-state index contributed by atoms with van der Waals surface area (Å²) in [4.78, 5) is 10.1. The van der Waals surface area contributed by atoms with Crippen molar-refractivity contribution in [1.82, 2.24) is 4.31 Å². The van der Waals surface area contributed by atoms with Crippen LogP contribution in [0.1, 0.15) is 26.2 Å². The Balaban J connectivity index is 2.24. The Morgan fingerprint density at radius 1 is 1.48 bits per heavy atom. The van der Waals surface area contributed by atoms with Crippen LogP contribution in [-0.4, -0.2) is 30.7 Å². The fraction of sp³-hybridized carbons (Fsp3) is 0.538. The Hall–Kier alpha value is -1.67. The first-order valence-corrected chi connectivity index (χ1v) is 8.34. The monoisotopic (exact) mass is 313 g/mol. The van der Waals surface area contributed by atoms with E-state index in [2.05, 4.69) is 6.92 Å². The average Bonchev–Trinajstić information content (AvgIpc) is 2.88. The molecule has 1 unspecified atom stereocenters. The van der Waals surface area contributed by atoms with E-state index in [1.54, 1.807) is 0 Å². The summed E-state index contributed by atoms with van der Waals surface area (Å²) >= 11 is 0. The van der Waals surface area contributed by atoms with Crippen LogP contribution in [0.3, 0.4) is 0 Å². The predicted molar refractivity (Wildman–Crippen MR) is 79.3 cm³/mol. The lowest BCUT2D eigenvalue weighted by molar-refractivity contribution is -0.383. The third-order valence-corrected chi connectivity index (χ3v) is 5.64. The zero-order chi connectivity index (χ0) is 15.6. The summed E-state index contributed by atoms with van der Waals surface area (Å²) < 4.78 is 26.5. The summed E-state index contributed by atoms with van der Waals surface area (Å²) in [5, 5.41) is 10.7. The standard InChI is InChI=1S/C13H19N3O4S/c1-2-3-10-6-7-15(9-10)21(19,20)11-4-5-13(16(17)18)12(14)8-11/h4-5,8,10H,2-3,6-7,9,14H2,1H3. The quantitative estimate of drug-likeness (QED) is 0.508. The Labute approximate surface area is 123 Å². The van der Waals surface area contributed by atoms with E-state index in [1.807, 2.05) is 0 Å². The minimum absolute atomic E-state index is 0.0164. The van der Waals surface area contributed by atoms with Crippen LogP contribution in [0, 0.1) is 16.0 Å². The highest BCUT2D eigenvalue weighted by atomic mass is 32.2. The number of hydrogen-bond acceptors (Lipinski definition) is 5. The molecule has 0 aliphatic carbocycles. The van der Waals surface area contributed by atoms with E-state index < -0.39 is 14.9 Å². The van der Waals surface area contributed by atoms with Gasteiger partial charge in [-0.2, -0.15) is 4.31 Å². The molecule has 0 spiro atoms. The van der Waals surface area contributed by atoms with E-state index >= 15 is 0 Å². The molecule has 2 N–H and O–H groups in total. The summed E-state index contributed by atoms with van der Waals surface area (Å²) in [6, 6.07) is 3.55. The van der Waals surface area contributed by atoms with Crippen molar-refractivity contribution in [3.05, 3.63) is 28.3 Å². The third kappa shape index (κ3) is 3.16. The molecule has 0 radical (unpaired) electrons. The lowest BCUT2D eigenvalue weighted by Crippen LogP contribution is -2.29. The van der Waals surface area contributed by atoms with Crippen molar-refractivity contribution in [3.8, 4) is 0 Å². The van der Waals surface area contributed by atoms with E-state index in [0.29, 0.717) is 19.0 Å². The molecule has 1 aromatic rings. The van der Waals surface area contributed by atoms with E-state index in [-0.39, 0.29) is 16.3 Å². The van der Waals surface area contributed by atoms with Gasteiger partial charge in [-0.05, 0) is 30.9 Å². The van der Waals surface area contributed by atoms with E-state index in [1.165, 1.54) is 16.4 Å². The van der Waals surface area contributed by atoms with Gasteiger partial charge in [0.25, 0.3) is 5.69 Å². The maximum absolute atomic E-state index is 12.5. The number of nitro groups is 1. The van der Waals surface area contributed by atoms with Crippen LogP contribution >= 0.6 is 0 Å². The normalized spacial score (nSPS) is 19.8. The van der Waals surface area contributed by atoms with Gasteiger partial charge in [-0.1, -0.05) is 13.3 Å². The molecule has 116 valence electrons. The van der Waals surface area contributed by atoms with Crippen LogP contribution in [0.2, 0.25) is 0 Å². The second-order valence-corrected chi connectivity index (χ2v) is 7.22. The second kappa shape index (κ2) is 5.98. The van der Waals surface area contributed by atoms with Crippen molar-refractivity contribution < 1.29 is 13.3 Å². The molecule has 21 heavy (non-hydrogen) atoms. The molecule has 1 aliphatic heterocycles. The maximum Gasteiger partial charge on any atom is 0.292 e. The van der Waals surface area contributed by atoms with Crippen molar-refractivity contribution in [2.45, 2.75) is 31.1 Å². The Kier molecular flexibility index (Phi) is 4.48. The van der Waals surface area contributed by atoms with Gasteiger partial charge in [0.15, 0.2) is 0 Å². The highest BCUT2D eigenvalue weighted by Crippen LogP contribution is 2.30. The molecule has 7 nitrogen and oxygen atoms in total. The fourth-order valence-corrected chi connectivity index (χ4v) is 4.23. The predicted octanol–water partition coefficient (Wildman–Crippen LogP) is 1.99. The smallest absolute Gasteiger partial charge is 0.292 e. The molecule has 2 rings (SSSR count). The van der Waals surface area contributed by atoms with Gasteiger partial charge in [0.1, 0.15) is 5.69 Å². The van der Waals surface area contributed by atoms with Gasteiger partial charge < -0.3 is 5.73 Å². The van der Waals surface area contributed by atoms with E-state index in [0.717, 1.165) is 25.3 Å². The highest BCUT2D eigenvalue weighted by molar-refractivity contribution is 7.89. The van der Waals surface area contributed by atoms with Crippen molar-refractivity contribution in [1.29, 1.82) is 0 Å². The van der Waals surface area contributed by atoms with E-state index in [9.17, 15) is 18.5 Å². The van der Waals surface area contributed by atoms with Gasteiger partial charge in [-0.3, -0.25) is 10.1 Å². The molecule has 1 heterocycles. The van der Waals surface area contributed by atoms with Crippen LogP contribution in [0.15, 0.2) is 23.1 Å². The molecule has 0 aromatic heterocycles. The Morgan fingerprint density at radius 3 is 2.76 bits per heavy atom. The molecule has 0 bridgehead atoms. The van der Waals surface area contributed by atoms with Gasteiger partial charge in [-0.15, -0.1) is 0 Å². The third-order valence-electron chi connectivity index (χ3n) is 3.78. The van der Waals surface area contributed by atoms with Gasteiger partial charge in [0.05, 0.1) is 9.82 Å². The number of nitro benzene ring substituents is 1. The molecular formula is C13H19N3O4S. The van der Waals surface area contributed by atoms with Gasteiger partial charge >= 0.3 is 0 Å². The highest BCUT2D eigenvalue weighted by Gasteiger charge is 2.32. The van der Waals surface area contributed by atoms with Crippen molar-refractivity contribution in [3.63, 3.8) is 0 Å². The largest absolute Gasteiger partial charge is 0.393 e. The van der Waals surface area contributed by atoms with Gasteiger partial charge in [0.2, 0.25) is 10.0 Å². The number of hydrogen-bond donors (Lipinski definition) is 1. The van der Waals surface area contributed by atoms with Crippen LogP contribution in [0.4, 0.5) is 11.4 Å². The van der Waals surface area contributed by atoms with Crippen LogP contribution in [-0.2, 0) is 10.0 Å². The summed E-state index contributed by atoms with van der Waals surface area (Å²) in [6.07, 6.45) is 2.90. The number of anilines is 1. The van der Waals surface area contributed by atoms with Crippen LogP contribution < -0.4 is 5.73 Å². The van der Waals surface area contributed by atoms with E-state index in [4.69, 9.17) is 5.73 Å². The molecule has 1 atom stereocenters. The number of benzene rings is 1. The summed E-state index contributed by atoms with van der Waals surface area (Å²) in [5.74, 6) is 0.389. The van der Waals surface area contributed by atoms with Crippen molar-refractivity contribution in [2.75, 3.05) is 18.8 Å². The molecule has 0 saturated carbocycles. The number of sulfonamides is 1. The zero-order valence-electron chi connectivity index (χ0n) is 11.9. The number of nitrogens with zero attached hydrogens (tertiary/aromatic N) is 2. The molecule has 1 aliphatic rings. The van der Waals surface area contributed by atoms with Crippen LogP contribution in [0.25, 0.3) is 0 Å². The average molecular weight is 313 g/mol. The molecule has 1 aromatic carbocycles. The Bertz CT molecular complexity index is 645. The molecule has 8 heteroatoms. The second-order valence-electron chi connectivity index (χ2n) is 5.28. The summed E-state index contributed by atoms with van der Waals surface area (Å²) in [5.41, 5.74) is 5.16. The molecule has 0 amide bonds. The topological polar surface area (TPSA) is 107 Å². The lowest BCUT2D eigenvalue weighted by Gasteiger charge is -2.16. The van der Waals surface area contributed by atoms with Crippen LogP contribution in [0.5, 0.6) is 0 Å². The van der Waals surface area contributed by atoms with Gasteiger partial charge in [0, 0.05) is 19.2 Å². The first-order chi connectivity index (χ1) is 9.86. The number of nitrogens with two attached hydrogens (primary N) is 1. The molecular weight excluding hydrogens is 294 g/mol. The first-order valence-electron chi connectivity index (χ1n) is 6.90. The molecule has 1 saturated heterocycles. The zero-order valence-corrected chi connectivity index (χ0v) is 12.7. The SMILES string of the molecule is CCCC1CCN(S(=O)(=O)c2ccc([N+](=O)[O-])c(N)c2)C1. The maximum atomic E-state index is 12.5. The lowest BCUT2D eigenvalue weighted by atomic mass is 10.0.